The lowest BCUT2D eigenvalue weighted by Crippen LogP contribution is -2.37. The zero-order valence-corrected chi connectivity index (χ0v) is 12.5. The molecule has 110 valence electrons. The van der Waals surface area contributed by atoms with E-state index < -0.39 is 0 Å². The molecule has 1 aliphatic rings. The fraction of sp³-hybridized carbons (Fsp3) is 0.562. The lowest BCUT2D eigenvalue weighted by Gasteiger charge is -2.36. The highest BCUT2D eigenvalue weighted by Crippen LogP contribution is 2.31. The van der Waals surface area contributed by atoms with Gasteiger partial charge in [0.2, 0.25) is 5.91 Å². The van der Waals surface area contributed by atoms with Crippen LogP contribution in [0.3, 0.4) is 0 Å². The van der Waals surface area contributed by atoms with Gasteiger partial charge >= 0.3 is 0 Å². The number of nitrogens with zero attached hydrogens (tertiary/aromatic N) is 1. The number of benzene rings is 1. The van der Waals surface area contributed by atoms with Crippen molar-refractivity contribution in [1.29, 1.82) is 0 Å². The number of carbonyl (C=O) groups is 1. The molecule has 1 amide bonds. The summed E-state index contributed by atoms with van der Waals surface area (Å²) in [4.78, 5) is 14.0. The molecule has 3 N–H and O–H groups in total. The molecule has 20 heavy (non-hydrogen) atoms. The Bertz CT molecular complexity index is 473. The summed E-state index contributed by atoms with van der Waals surface area (Å²) in [6.07, 6.45) is 5.13. The molecule has 0 saturated carbocycles. The van der Waals surface area contributed by atoms with Gasteiger partial charge in [-0.1, -0.05) is 6.92 Å². The first-order valence-electron chi connectivity index (χ1n) is 7.58. The first-order chi connectivity index (χ1) is 9.61. The zero-order chi connectivity index (χ0) is 14.5. The van der Waals surface area contributed by atoms with Crippen LogP contribution in [0.25, 0.3) is 0 Å². The Hall–Kier alpha value is -1.71. The Balaban J connectivity index is 2.11. The SMILES string of the molecule is CCCC(=O)Nc1ccc(N2CCCC[C@@H]2C)c(N)c1. The van der Waals surface area contributed by atoms with Crippen molar-refractivity contribution >= 4 is 23.0 Å². The Morgan fingerprint density at radius 3 is 2.90 bits per heavy atom. The van der Waals surface area contributed by atoms with E-state index in [0.717, 1.165) is 30.0 Å². The minimum absolute atomic E-state index is 0.0472. The van der Waals surface area contributed by atoms with Crippen LogP contribution in [0.15, 0.2) is 18.2 Å². The molecule has 0 aromatic heterocycles. The molecule has 2 rings (SSSR count). The predicted molar refractivity (Wildman–Crippen MR) is 85.1 cm³/mol. The normalized spacial score (nSPS) is 18.9. The first kappa shape index (κ1) is 14.7. The monoisotopic (exact) mass is 275 g/mol. The molecular weight excluding hydrogens is 250 g/mol. The summed E-state index contributed by atoms with van der Waals surface area (Å²) in [5.41, 5.74) is 8.79. The van der Waals surface area contributed by atoms with Crippen molar-refractivity contribution in [2.45, 2.75) is 52.0 Å². The Kier molecular flexibility index (Phi) is 4.88. The average molecular weight is 275 g/mol. The van der Waals surface area contributed by atoms with Crippen LogP contribution >= 0.6 is 0 Å². The number of carbonyl (C=O) groups excluding carboxylic acids is 1. The van der Waals surface area contributed by atoms with E-state index in [-0.39, 0.29) is 5.91 Å². The molecule has 4 nitrogen and oxygen atoms in total. The molecule has 1 saturated heterocycles. The Morgan fingerprint density at radius 2 is 2.25 bits per heavy atom. The summed E-state index contributed by atoms with van der Waals surface area (Å²) < 4.78 is 0. The molecule has 4 heteroatoms. The van der Waals surface area contributed by atoms with E-state index >= 15 is 0 Å². The third-order valence-electron chi connectivity index (χ3n) is 3.90. The van der Waals surface area contributed by atoms with Crippen molar-refractivity contribution in [1.82, 2.24) is 0 Å². The van der Waals surface area contributed by atoms with E-state index in [9.17, 15) is 4.79 Å². The van der Waals surface area contributed by atoms with Gasteiger partial charge in [0.05, 0.1) is 11.4 Å². The number of nitrogens with one attached hydrogen (secondary N) is 1. The van der Waals surface area contributed by atoms with Crippen molar-refractivity contribution in [3.8, 4) is 0 Å². The summed E-state index contributed by atoms with van der Waals surface area (Å²) >= 11 is 0. The maximum atomic E-state index is 11.6. The second-order valence-electron chi connectivity index (χ2n) is 5.61. The Labute approximate surface area is 121 Å². The second-order valence-corrected chi connectivity index (χ2v) is 5.61. The van der Waals surface area contributed by atoms with Gasteiger partial charge in [0.15, 0.2) is 0 Å². The molecule has 0 radical (unpaired) electrons. The number of hydrogen-bond acceptors (Lipinski definition) is 3. The molecule has 1 fully saturated rings. The van der Waals surface area contributed by atoms with Crippen LogP contribution in [0.4, 0.5) is 17.1 Å². The van der Waals surface area contributed by atoms with Gasteiger partial charge in [0, 0.05) is 24.7 Å². The number of nitrogen functional groups attached to an aromatic ring is 1. The van der Waals surface area contributed by atoms with Crippen LogP contribution in [-0.4, -0.2) is 18.5 Å². The maximum Gasteiger partial charge on any atom is 0.224 e. The molecule has 0 unspecified atom stereocenters. The largest absolute Gasteiger partial charge is 0.397 e. The first-order valence-corrected chi connectivity index (χ1v) is 7.58. The minimum Gasteiger partial charge on any atom is -0.397 e. The third-order valence-corrected chi connectivity index (χ3v) is 3.90. The smallest absolute Gasteiger partial charge is 0.224 e. The van der Waals surface area contributed by atoms with Crippen LogP contribution in [0, 0.1) is 0 Å². The van der Waals surface area contributed by atoms with Crippen LogP contribution < -0.4 is 16.0 Å². The van der Waals surface area contributed by atoms with Gasteiger partial charge in [-0.3, -0.25) is 4.79 Å². The van der Waals surface area contributed by atoms with Gasteiger partial charge in [-0.05, 0) is 50.8 Å². The summed E-state index contributed by atoms with van der Waals surface area (Å²) in [5.74, 6) is 0.0472. The molecule has 0 spiro atoms. The number of amides is 1. The van der Waals surface area contributed by atoms with E-state index in [0.29, 0.717) is 12.5 Å². The van der Waals surface area contributed by atoms with Gasteiger partial charge in [-0.15, -0.1) is 0 Å². The number of hydrogen-bond donors (Lipinski definition) is 2. The highest BCUT2D eigenvalue weighted by atomic mass is 16.1. The third kappa shape index (κ3) is 3.44. The second kappa shape index (κ2) is 6.64. The zero-order valence-electron chi connectivity index (χ0n) is 12.5. The van der Waals surface area contributed by atoms with Crippen LogP contribution in [0.1, 0.15) is 46.0 Å². The quantitative estimate of drug-likeness (QED) is 0.828. The summed E-state index contributed by atoms with van der Waals surface area (Å²) in [6, 6.07) is 6.37. The number of anilines is 3. The van der Waals surface area contributed by atoms with E-state index in [1.807, 2.05) is 25.1 Å². The molecule has 1 aromatic rings. The predicted octanol–water partition coefficient (Wildman–Crippen LogP) is 3.39. The van der Waals surface area contributed by atoms with Gasteiger partial charge < -0.3 is 16.0 Å². The number of nitrogens with two attached hydrogens (primary N) is 1. The fourth-order valence-corrected chi connectivity index (χ4v) is 2.80. The average Bonchev–Trinajstić information content (AvgIpc) is 2.40. The van der Waals surface area contributed by atoms with Crippen molar-refractivity contribution in [3.05, 3.63) is 18.2 Å². The molecule has 1 aliphatic heterocycles. The van der Waals surface area contributed by atoms with Crippen LogP contribution in [0.5, 0.6) is 0 Å². The lowest BCUT2D eigenvalue weighted by atomic mass is 10.0. The van der Waals surface area contributed by atoms with Crippen molar-refractivity contribution < 1.29 is 4.79 Å². The van der Waals surface area contributed by atoms with Crippen molar-refractivity contribution in [2.75, 3.05) is 22.5 Å². The summed E-state index contributed by atoms with van der Waals surface area (Å²) in [6.45, 7) is 5.30. The molecule has 0 bridgehead atoms. The molecular formula is C16H25N3O. The van der Waals surface area contributed by atoms with Crippen molar-refractivity contribution in [2.24, 2.45) is 0 Å². The maximum absolute atomic E-state index is 11.6. The topological polar surface area (TPSA) is 58.4 Å². The lowest BCUT2D eigenvalue weighted by molar-refractivity contribution is -0.116. The van der Waals surface area contributed by atoms with E-state index in [1.54, 1.807) is 0 Å². The van der Waals surface area contributed by atoms with Gasteiger partial charge in [0.1, 0.15) is 0 Å². The van der Waals surface area contributed by atoms with Gasteiger partial charge in [0.25, 0.3) is 0 Å². The highest BCUT2D eigenvalue weighted by Gasteiger charge is 2.20. The summed E-state index contributed by atoms with van der Waals surface area (Å²) in [5, 5.41) is 2.89. The fourth-order valence-electron chi connectivity index (χ4n) is 2.80. The molecule has 0 aliphatic carbocycles. The van der Waals surface area contributed by atoms with Crippen LogP contribution in [-0.2, 0) is 4.79 Å². The van der Waals surface area contributed by atoms with Crippen LogP contribution in [0.2, 0.25) is 0 Å². The Morgan fingerprint density at radius 1 is 1.45 bits per heavy atom. The van der Waals surface area contributed by atoms with E-state index in [2.05, 4.69) is 17.1 Å². The molecule has 1 heterocycles. The van der Waals surface area contributed by atoms with E-state index in [1.165, 1.54) is 19.3 Å². The van der Waals surface area contributed by atoms with E-state index in [4.69, 9.17) is 5.73 Å². The summed E-state index contributed by atoms with van der Waals surface area (Å²) in [7, 11) is 0. The minimum atomic E-state index is 0.0472. The molecule has 1 atom stereocenters. The highest BCUT2D eigenvalue weighted by molar-refractivity contribution is 5.92. The van der Waals surface area contributed by atoms with Crippen molar-refractivity contribution in [3.63, 3.8) is 0 Å². The van der Waals surface area contributed by atoms with Gasteiger partial charge in [-0.2, -0.15) is 0 Å². The number of piperidine rings is 1. The standard InChI is InChI=1S/C16H25N3O/c1-3-6-16(20)18-13-8-9-15(14(17)11-13)19-10-5-4-7-12(19)2/h8-9,11-12H,3-7,10,17H2,1-2H3,(H,18,20)/t12-/m0/s1. The van der Waals surface area contributed by atoms with Gasteiger partial charge in [-0.25, -0.2) is 0 Å². The number of rotatable bonds is 4. The molecule has 1 aromatic carbocycles.